The molecule has 3 heterocycles. The van der Waals surface area contributed by atoms with Gasteiger partial charge in [0.15, 0.2) is 0 Å². The Morgan fingerprint density at radius 3 is 2.50 bits per heavy atom. The fraction of sp³-hybridized carbons (Fsp3) is 0.500. The van der Waals surface area contributed by atoms with Crippen molar-refractivity contribution in [1.29, 1.82) is 0 Å². The zero-order valence-corrected chi connectivity index (χ0v) is 18.8. The molecule has 1 atom stereocenters. The molecule has 1 N–H and O–H groups in total. The minimum atomic E-state index is -3.50. The Kier molecular flexibility index (Phi) is 6.75. The van der Waals surface area contributed by atoms with E-state index >= 15 is 0 Å². The second kappa shape index (κ2) is 9.49. The van der Waals surface area contributed by atoms with Crippen molar-refractivity contribution in [3.63, 3.8) is 0 Å². The van der Waals surface area contributed by atoms with E-state index in [9.17, 15) is 13.2 Å². The molecule has 1 aromatic heterocycles. The molecule has 2 fully saturated rings. The molecule has 0 saturated carbocycles. The van der Waals surface area contributed by atoms with Gasteiger partial charge in [-0.25, -0.2) is 8.42 Å². The van der Waals surface area contributed by atoms with Crippen LogP contribution < -0.4 is 10.2 Å². The van der Waals surface area contributed by atoms with Crippen molar-refractivity contribution < 1.29 is 13.2 Å². The van der Waals surface area contributed by atoms with E-state index in [-0.39, 0.29) is 18.4 Å². The molecule has 4 rings (SSSR count). The second-order valence-corrected chi connectivity index (χ2v) is 11.2. The number of hydrogen-bond acceptors (Lipinski definition) is 5. The van der Waals surface area contributed by atoms with E-state index in [1.165, 1.54) is 40.6 Å². The fourth-order valence-corrected chi connectivity index (χ4v) is 6.89. The van der Waals surface area contributed by atoms with Crippen LogP contribution in [0.3, 0.4) is 0 Å². The molecule has 2 aliphatic heterocycles. The molecule has 0 unspecified atom stereocenters. The van der Waals surface area contributed by atoms with Crippen LogP contribution in [0.5, 0.6) is 0 Å². The molecule has 30 heavy (non-hydrogen) atoms. The number of carbonyl (C=O) groups excluding carboxylic acids is 1. The van der Waals surface area contributed by atoms with Crippen LogP contribution in [-0.4, -0.2) is 44.8 Å². The first-order chi connectivity index (χ1) is 14.5. The maximum Gasteiger partial charge on any atom is 0.252 e. The molecule has 2 aromatic rings. The largest absolute Gasteiger partial charge is 0.372 e. The molecular formula is C22H29N3O3S2. The van der Waals surface area contributed by atoms with Gasteiger partial charge >= 0.3 is 0 Å². The first-order valence-corrected chi connectivity index (χ1v) is 13.0. The summed E-state index contributed by atoms with van der Waals surface area (Å²) in [5.74, 6) is -0.373. The number of rotatable bonds is 6. The summed E-state index contributed by atoms with van der Waals surface area (Å²) in [7, 11) is -3.50. The van der Waals surface area contributed by atoms with Gasteiger partial charge in [-0.2, -0.15) is 4.31 Å². The Bertz CT molecular complexity index is 937. The quantitative estimate of drug-likeness (QED) is 0.736. The van der Waals surface area contributed by atoms with Gasteiger partial charge in [-0.15, -0.1) is 11.3 Å². The van der Waals surface area contributed by atoms with Gasteiger partial charge in [0.1, 0.15) is 4.21 Å². The van der Waals surface area contributed by atoms with Crippen molar-refractivity contribution in [1.82, 2.24) is 9.62 Å². The van der Waals surface area contributed by atoms with Crippen molar-refractivity contribution in [2.24, 2.45) is 5.92 Å². The number of nitrogens with zero attached hydrogens (tertiary/aromatic N) is 2. The molecule has 162 valence electrons. The number of carbonyl (C=O) groups is 1. The van der Waals surface area contributed by atoms with Crippen molar-refractivity contribution >= 4 is 33.0 Å². The standard InChI is InChI=1S/C22H29N3O3S2/c26-22(19-6-4-14-25(17-19)30(27,28)21-7-5-15-29-21)23-16-18-8-10-20(11-9-18)24-12-2-1-3-13-24/h5,7-11,15,19H,1-4,6,12-14,16-17H2,(H,23,26)/t19-/m1/s1. The highest BCUT2D eigenvalue weighted by Crippen LogP contribution is 2.26. The number of thiophene rings is 1. The number of sulfonamides is 1. The van der Waals surface area contributed by atoms with E-state index in [4.69, 9.17) is 0 Å². The van der Waals surface area contributed by atoms with Crippen LogP contribution in [0.2, 0.25) is 0 Å². The maximum atomic E-state index is 12.8. The van der Waals surface area contributed by atoms with E-state index in [2.05, 4.69) is 34.5 Å². The molecule has 0 radical (unpaired) electrons. The van der Waals surface area contributed by atoms with Gasteiger partial charge in [0.25, 0.3) is 10.0 Å². The summed E-state index contributed by atoms with van der Waals surface area (Å²) in [5.41, 5.74) is 2.30. The lowest BCUT2D eigenvalue weighted by molar-refractivity contribution is -0.126. The normalized spacial score (nSPS) is 20.8. The number of benzene rings is 1. The molecule has 2 saturated heterocycles. The van der Waals surface area contributed by atoms with Gasteiger partial charge in [0.2, 0.25) is 5.91 Å². The summed E-state index contributed by atoms with van der Waals surface area (Å²) in [6.45, 7) is 3.42. The van der Waals surface area contributed by atoms with Crippen LogP contribution in [0.1, 0.15) is 37.7 Å². The van der Waals surface area contributed by atoms with Gasteiger partial charge in [-0.3, -0.25) is 4.79 Å². The third-order valence-corrected chi connectivity index (χ3v) is 9.21. The third kappa shape index (κ3) is 4.87. The lowest BCUT2D eigenvalue weighted by Gasteiger charge is -2.31. The van der Waals surface area contributed by atoms with Gasteiger partial charge in [0, 0.05) is 38.4 Å². The Balaban J connectivity index is 1.31. The number of hydrogen-bond donors (Lipinski definition) is 1. The highest BCUT2D eigenvalue weighted by Gasteiger charge is 2.33. The number of anilines is 1. The van der Waals surface area contributed by atoms with Gasteiger partial charge < -0.3 is 10.2 Å². The summed E-state index contributed by atoms with van der Waals surface area (Å²) in [4.78, 5) is 15.1. The number of amides is 1. The zero-order chi connectivity index (χ0) is 21.0. The van der Waals surface area contributed by atoms with E-state index in [0.717, 1.165) is 25.1 Å². The molecule has 2 aliphatic rings. The van der Waals surface area contributed by atoms with Crippen LogP contribution >= 0.6 is 11.3 Å². The van der Waals surface area contributed by atoms with Crippen molar-refractivity contribution in [3.05, 3.63) is 47.3 Å². The van der Waals surface area contributed by atoms with Gasteiger partial charge in [-0.05, 0) is 61.2 Å². The van der Waals surface area contributed by atoms with Crippen molar-refractivity contribution in [2.75, 3.05) is 31.1 Å². The van der Waals surface area contributed by atoms with Crippen LogP contribution in [0.15, 0.2) is 46.0 Å². The average Bonchev–Trinajstić information content (AvgIpc) is 3.34. The lowest BCUT2D eigenvalue weighted by atomic mass is 9.98. The first kappa shape index (κ1) is 21.3. The summed E-state index contributed by atoms with van der Waals surface area (Å²) >= 11 is 1.22. The maximum absolute atomic E-state index is 12.8. The molecule has 1 aromatic carbocycles. The van der Waals surface area contributed by atoms with E-state index in [1.54, 1.807) is 17.5 Å². The topological polar surface area (TPSA) is 69.7 Å². The Morgan fingerprint density at radius 2 is 1.80 bits per heavy atom. The summed E-state index contributed by atoms with van der Waals surface area (Å²) in [6.07, 6.45) is 5.23. The Morgan fingerprint density at radius 1 is 1.03 bits per heavy atom. The van der Waals surface area contributed by atoms with Crippen LogP contribution in [0.4, 0.5) is 5.69 Å². The summed E-state index contributed by atoms with van der Waals surface area (Å²) in [5, 5.41) is 4.76. The highest BCUT2D eigenvalue weighted by atomic mass is 32.2. The van der Waals surface area contributed by atoms with Crippen molar-refractivity contribution in [2.45, 2.75) is 42.9 Å². The molecule has 0 aliphatic carbocycles. The summed E-state index contributed by atoms with van der Waals surface area (Å²) in [6, 6.07) is 11.8. The third-order valence-electron chi connectivity index (χ3n) is 5.97. The smallest absolute Gasteiger partial charge is 0.252 e. The Hall–Kier alpha value is -1.90. The predicted octanol–water partition coefficient (Wildman–Crippen LogP) is 3.46. The van der Waals surface area contributed by atoms with E-state index in [0.29, 0.717) is 23.7 Å². The summed E-state index contributed by atoms with van der Waals surface area (Å²) < 4.78 is 27.3. The molecule has 8 heteroatoms. The van der Waals surface area contributed by atoms with Gasteiger partial charge in [0.05, 0.1) is 5.92 Å². The van der Waals surface area contributed by atoms with E-state index < -0.39 is 10.0 Å². The minimum absolute atomic E-state index is 0.0683. The fourth-order valence-electron chi connectivity index (χ4n) is 4.22. The van der Waals surface area contributed by atoms with Crippen molar-refractivity contribution in [3.8, 4) is 0 Å². The monoisotopic (exact) mass is 447 g/mol. The minimum Gasteiger partial charge on any atom is -0.372 e. The zero-order valence-electron chi connectivity index (χ0n) is 17.1. The molecule has 0 spiro atoms. The highest BCUT2D eigenvalue weighted by molar-refractivity contribution is 7.91. The number of nitrogens with one attached hydrogen (secondary N) is 1. The predicted molar refractivity (Wildman–Crippen MR) is 120 cm³/mol. The van der Waals surface area contributed by atoms with Crippen LogP contribution in [0.25, 0.3) is 0 Å². The lowest BCUT2D eigenvalue weighted by Crippen LogP contribution is -2.45. The van der Waals surface area contributed by atoms with Crippen LogP contribution in [0, 0.1) is 5.92 Å². The Labute approximate surface area is 182 Å². The van der Waals surface area contributed by atoms with Crippen LogP contribution in [-0.2, 0) is 21.4 Å². The van der Waals surface area contributed by atoms with E-state index in [1.807, 2.05) is 0 Å². The molecular weight excluding hydrogens is 418 g/mol. The number of piperidine rings is 2. The molecule has 1 amide bonds. The second-order valence-electron chi connectivity index (χ2n) is 8.07. The van der Waals surface area contributed by atoms with Gasteiger partial charge in [-0.1, -0.05) is 18.2 Å². The average molecular weight is 448 g/mol. The molecule has 6 nitrogen and oxygen atoms in total. The first-order valence-electron chi connectivity index (χ1n) is 10.7. The molecule has 0 bridgehead atoms. The SMILES string of the molecule is O=C(NCc1ccc(N2CCCCC2)cc1)[C@@H]1CCCN(S(=O)(=O)c2cccs2)C1.